The Labute approximate surface area is 88.3 Å². The van der Waals surface area contributed by atoms with E-state index in [1.807, 2.05) is 0 Å². The molecule has 0 spiro atoms. The Morgan fingerprint density at radius 3 is 2.07 bits per heavy atom. The molecule has 0 amide bonds. The molecule has 2 aliphatic heterocycles. The lowest BCUT2D eigenvalue weighted by Crippen LogP contribution is -2.29. The zero-order valence-corrected chi connectivity index (χ0v) is 9.71. The molecule has 2 rings (SSSR count). The van der Waals surface area contributed by atoms with Gasteiger partial charge in [0.15, 0.2) is 0 Å². The highest BCUT2D eigenvalue weighted by Gasteiger charge is 2.29. The summed E-state index contributed by atoms with van der Waals surface area (Å²) < 4.78 is 0. The Morgan fingerprint density at radius 1 is 0.786 bits per heavy atom. The minimum Gasteiger partial charge on any atom is -0.306 e. The molecule has 0 aliphatic carbocycles. The van der Waals surface area contributed by atoms with E-state index >= 15 is 0 Å². The van der Waals surface area contributed by atoms with Crippen LogP contribution in [0.5, 0.6) is 0 Å². The van der Waals surface area contributed by atoms with Crippen LogP contribution in [0, 0.1) is 11.8 Å². The Morgan fingerprint density at radius 2 is 1.43 bits per heavy atom. The molecule has 2 heteroatoms. The van der Waals surface area contributed by atoms with Crippen LogP contribution in [0.25, 0.3) is 0 Å². The monoisotopic (exact) mass is 196 g/mol. The molecule has 0 aromatic heterocycles. The van der Waals surface area contributed by atoms with Gasteiger partial charge in [0.05, 0.1) is 0 Å². The molecule has 82 valence electrons. The third-order valence-electron chi connectivity index (χ3n) is 4.01. The molecular formula is C12H24N2. The molecule has 2 fully saturated rings. The number of hydrogen-bond acceptors (Lipinski definition) is 2. The molecule has 0 radical (unpaired) electrons. The highest BCUT2D eigenvalue weighted by molar-refractivity contribution is 4.82. The summed E-state index contributed by atoms with van der Waals surface area (Å²) in [6.45, 7) is 5.33. The predicted molar refractivity (Wildman–Crippen MR) is 60.4 cm³/mol. The van der Waals surface area contributed by atoms with Crippen LogP contribution in [0.2, 0.25) is 0 Å². The summed E-state index contributed by atoms with van der Waals surface area (Å²) in [6, 6.07) is 0. The third kappa shape index (κ3) is 2.48. The number of rotatable bonds is 1. The molecule has 2 atom stereocenters. The van der Waals surface area contributed by atoms with Crippen molar-refractivity contribution in [1.29, 1.82) is 0 Å². The maximum Gasteiger partial charge on any atom is 0.00102 e. The molecule has 0 N–H and O–H groups in total. The summed E-state index contributed by atoms with van der Waals surface area (Å²) in [4.78, 5) is 5.03. The molecule has 0 aromatic rings. The Kier molecular flexibility index (Phi) is 3.45. The zero-order chi connectivity index (χ0) is 9.97. The summed E-state index contributed by atoms with van der Waals surface area (Å²) in [5.41, 5.74) is 0. The number of hydrogen-bond donors (Lipinski definition) is 0. The van der Waals surface area contributed by atoms with Gasteiger partial charge in [-0.05, 0) is 58.3 Å². The minimum absolute atomic E-state index is 0.979. The van der Waals surface area contributed by atoms with Crippen molar-refractivity contribution in [2.24, 2.45) is 11.8 Å². The van der Waals surface area contributed by atoms with Crippen LogP contribution in [0.3, 0.4) is 0 Å². The lowest BCUT2D eigenvalue weighted by molar-refractivity contribution is 0.234. The van der Waals surface area contributed by atoms with Gasteiger partial charge in [0.2, 0.25) is 0 Å². The second-order valence-electron chi connectivity index (χ2n) is 5.33. The Hall–Kier alpha value is -0.0800. The zero-order valence-electron chi connectivity index (χ0n) is 9.71. The van der Waals surface area contributed by atoms with Gasteiger partial charge in [0.1, 0.15) is 0 Å². The maximum absolute atomic E-state index is 2.54. The maximum atomic E-state index is 2.54. The molecule has 2 aliphatic rings. The van der Waals surface area contributed by atoms with E-state index in [0.29, 0.717) is 0 Å². The Balaban J connectivity index is 1.88. The van der Waals surface area contributed by atoms with Crippen LogP contribution in [0.1, 0.15) is 25.7 Å². The first kappa shape index (κ1) is 10.4. The lowest BCUT2D eigenvalue weighted by atomic mass is 9.88. The van der Waals surface area contributed by atoms with Gasteiger partial charge in [-0.1, -0.05) is 6.42 Å². The van der Waals surface area contributed by atoms with Crippen molar-refractivity contribution in [3.8, 4) is 0 Å². The van der Waals surface area contributed by atoms with E-state index < -0.39 is 0 Å². The van der Waals surface area contributed by atoms with Gasteiger partial charge in [-0.2, -0.15) is 0 Å². The van der Waals surface area contributed by atoms with Crippen LogP contribution < -0.4 is 0 Å². The van der Waals surface area contributed by atoms with Crippen molar-refractivity contribution in [2.75, 3.05) is 40.3 Å². The standard InChI is InChI=1S/C12H24N2/c1-13-7-4-3-5-11(9-13)12-6-8-14(2)10-12/h11-12H,3-10H2,1-2H3. The average Bonchev–Trinajstić information content (AvgIpc) is 2.45. The Bertz CT molecular complexity index is 181. The van der Waals surface area contributed by atoms with E-state index in [1.165, 1.54) is 51.9 Å². The van der Waals surface area contributed by atoms with Crippen LogP contribution in [0.4, 0.5) is 0 Å². The second kappa shape index (κ2) is 4.63. The van der Waals surface area contributed by atoms with Gasteiger partial charge in [-0.25, -0.2) is 0 Å². The van der Waals surface area contributed by atoms with Gasteiger partial charge in [-0.3, -0.25) is 0 Å². The first-order chi connectivity index (χ1) is 6.75. The van der Waals surface area contributed by atoms with Gasteiger partial charge in [-0.15, -0.1) is 0 Å². The summed E-state index contributed by atoms with van der Waals surface area (Å²) >= 11 is 0. The van der Waals surface area contributed by atoms with Gasteiger partial charge in [0, 0.05) is 13.1 Å². The molecule has 2 saturated heterocycles. The fourth-order valence-corrected chi connectivity index (χ4v) is 3.11. The van der Waals surface area contributed by atoms with E-state index in [4.69, 9.17) is 0 Å². The minimum atomic E-state index is 0.979. The summed E-state index contributed by atoms with van der Waals surface area (Å²) in [7, 11) is 4.55. The van der Waals surface area contributed by atoms with E-state index in [-0.39, 0.29) is 0 Å². The second-order valence-corrected chi connectivity index (χ2v) is 5.33. The molecule has 2 nitrogen and oxygen atoms in total. The topological polar surface area (TPSA) is 6.48 Å². The fourth-order valence-electron chi connectivity index (χ4n) is 3.11. The summed E-state index contributed by atoms with van der Waals surface area (Å²) in [6.07, 6.45) is 5.78. The third-order valence-corrected chi connectivity index (χ3v) is 4.01. The predicted octanol–water partition coefficient (Wildman–Crippen LogP) is 1.67. The van der Waals surface area contributed by atoms with Crippen molar-refractivity contribution in [1.82, 2.24) is 9.80 Å². The molecule has 2 heterocycles. The number of likely N-dealkylation sites (tertiary alicyclic amines) is 2. The first-order valence-corrected chi connectivity index (χ1v) is 6.13. The summed E-state index contributed by atoms with van der Waals surface area (Å²) in [5, 5.41) is 0. The lowest BCUT2D eigenvalue weighted by Gasteiger charge is -2.25. The van der Waals surface area contributed by atoms with Crippen molar-refractivity contribution >= 4 is 0 Å². The quantitative estimate of drug-likeness (QED) is 0.629. The van der Waals surface area contributed by atoms with Crippen molar-refractivity contribution < 1.29 is 0 Å². The van der Waals surface area contributed by atoms with Crippen LogP contribution in [0.15, 0.2) is 0 Å². The molecule has 0 aromatic carbocycles. The van der Waals surface area contributed by atoms with E-state index in [2.05, 4.69) is 23.9 Å². The van der Waals surface area contributed by atoms with Gasteiger partial charge < -0.3 is 9.80 Å². The smallest absolute Gasteiger partial charge is 0.00102 e. The van der Waals surface area contributed by atoms with Gasteiger partial charge >= 0.3 is 0 Å². The van der Waals surface area contributed by atoms with Crippen LogP contribution in [-0.2, 0) is 0 Å². The average molecular weight is 196 g/mol. The fraction of sp³-hybridized carbons (Fsp3) is 1.00. The molecular weight excluding hydrogens is 172 g/mol. The number of nitrogens with zero attached hydrogens (tertiary/aromatic N) is 2. The van der Waals surface area contributed by atoms with Crippen molar-refractivity contribution in [3.63, 3.8) is 0 Å². The molecule has 0 saturated carbocycles. The van der Waals surface area contributed by atoms with Crippen LogP contribution in [-0.4, -0.2) is 50.1 Å². The van der Waals surface area contributed by atoms with Gasteiger partial charge in [0.25, 0.3) is 0 Å². The molecule has 14 heavy (non-hydrogen) atoms. The first-order valence-electron chi connectivity index (χ1n) is 6.13. The van der Waals surface area contributed by atoms with Crippen molar-refractivity contribution in [3.05, 3.63) is 0 Å². The summed E-state index contributed by atoms with van der Waals surface area (Å²) in [5.74, 6) is 1.97. The largest absolute Gasteiger partial charge is 0.306 e. The highest BCUT2D eigenvalue weighted by atomic mass is 15.1. The van der Waals surface area contributed by atoms with Crippen LogP contribution >= 0.6 is 0 Å². The van der Waals surface area contributed by atoms with E-state index in [1.54, 1.807) is 0 Å². The van der Waals surface area contributed by atoms with E-state index in [0.717, 1.165) is 11.8 Å². The molecule has 2 unspecified atom stereocenters. The normalized spacial score (nSPS) is 37.3. The van der Waals surface area contributed by atoms with Crippen molar-refractivity contribution in [2.45, 2.75) is 25.7 Å². The SMILES string of the molecule is CN1CCCCC(C2CCN(C)C2)C1. The van der Waals surface area contributed by atoms with E-state index in [9.17, 15) is 0 Å². The highest BCUT2D eigenvalue weighted by Crippen LogP contribution is 2.29. The molecule has 0 bridgehead atoms.